The van der Waals surface area contributed by atoms with Crippen LogP contribution >= 0.6 is 0 Å². The lowest BCUT2D eigenvalue weighted by atomic mass is 9.94. The number of nitrogens with one attached hydrogen (secondary N) is 1. The molecule has 1 unspecified atom stereocenters. The van der Waals surface area contributed by atoms with E-state index in [0.717, 1.165) is 0 Å². The number of ether oxygens (including phenoxy) is 3. The van der Waals surface area contributed by atoms with Crippen LogP contribution in [0.4, 0.5) is 10.1 Å². The second kappa shape index (κ2) is 7.40. The van der Waals surface area contributed by atoms with Crippen LogP contribution in [0.2, 0.25) is 0 Å². The van der Waals surface area contributed by atoms with Crippen molar-refractivity contribution in [2.75, 3.05) is 32.8 Å². The molecule has 1 aromatic heterocycles. The maximum absolute atomic E-state index is 13.8. The molecule has 0 radical (unpaired) electrons. The summed E-state index contributed by atoms with van der Waals surface area (Å²) in [6, 6.07) is 7.68. The lowest BCUT2D eigenvalue weighted by Gasteiger charge is -2.15. The SMILES string of the molecule is COCCOc1cc2ncnc(C3C(=O)Nc4ccc(F)cc43)c2cc1OC. The largest absolute Gasteiger partial charge is 0.493 e. The highest BCUT2D eigenvalue weighted by Crippen LogP contribution is 2.41. The summed E-state index contributed by atoms with van der Waals surface area (Å²) >= 11 is 0. The van der Waals surface area contributed by atoms with E-state index in [0.29, 0.717) is 52.6 Å². The van der Waals surface area contributed by atoms with Gasteiger partial charge in [0.25, 0.3) is 0 Å². The fourth-order valence-corrected chi connectivity index (χ4v) is 3.33. The van der Waals surface area contributed by atoms with Gasteiger partial charge in [0.1, 0.15) is 24.7 Å². The number of carbonyl (C=O) groups is 1. The summed E-state index contributed by atoms with van der Waals surface area (Å²) in [6.45, 7) is 0.787. The molecule has 0 saturated carbocycles. The van der Waals surface area contributed by atoms with Gasteiger partial charge in [0, 0.05) is 24.2 Å². The van der Waals surface area contributed by atoms with Crippen LogP contribution in [-0.4, -0.2) is 43.3 Å². The highest BCUT2D eigenvalue weighted by Gasteiger charge is 2.35. The second-order valence-electron chi connectivity index (χ2n) is 6.27. The number of hydrogen-bond donors (Lipinski definition) is 1. The standard InChI is InChI=1S/C20H18FN3O4/c1-26-5-6-28-17-9-15-13(8-16(17)27-2)19(23-10-22-15)18-12-7-11(21)3-4-14(12)24-20(18)25/h3-4,7-10,18H,5-6H2,1-2H3,(H,24,25). The molecule has 8 heteroatoms. The quantitative estimate of drug-likeness (QED) is 0.659. The highest BCUT2D eigenvalue weighted by molar-refractivity contribution is 6.06. The van der Waals surface area contributed by atoms with E-state index < -0.39 is 11.7 Å². The van der Waals surface area contributed by atoms with E-state index in [1.54, 1.807) is 25.3 Å². The Labute approximate surface area is 160 Å². The number of methoxy groups -OCH3 is 2. The monoisotopic (exact) mass is 383 g/mol. The van der Waals surface area contributed by atoms with Gasteiger partial charge in [0.15, 0.2) is 11.5 Å². The van der Waals surface area contributed by atoms with Gasteiger partial charge in [-0.25, -0.2) is 14.4 Å². The molecule has 0 spiro atoms. The Morgan fingerprint density at radius 1 is 1.11 bits per heavy atom. The van der Waals surface area contributed by atoms with Crippen molar-refractivity contribution >= 4 is 22.5 Å². The van der Waals surface area contributed by atoms with E-state index in [1.807, 2.05) is 0 Å². The zero-order chi connectivity index (χ0) is 19.7. The van der Waals surface area contributed by atoms with Crippen molar-refractivity contribution in [2.24, 2.45) is 0 Å². The number of halogens is 1. The van der Waals surface area contributed by atoms with E-state index in [2.05, 4.69) is 15.3 Å². The van der Waals surface area contributed by atoms with E-state index in [9.17, 15) is 9.18 Å². The summed E-state index contributed by atoms with van der Waals surface area (Å²) in [4.78, 5) is 21.2. The van der Waals surface area contributed by atoms with Gasteiger partial charge in [0.2, 0.25) is 5.91 Å². The number of carbonyl (C=O) groups excluding carboxylic acids is 1. The van der Waals surface area contributed by atoms with Crippen LogP contribution in [0.25, 0.3) is 10.9 Å². The van der Waals surface area contributed by atoms with Crippen molar-refractivity contribution in [1.29, 1.82) is 0 Å². The minimum atomic E-state index is -0.735. The number of rotatable bonds is 6. The molecule has 28 heavy (non-hydrogen) atoms. The van der Waals surface area contributed by atoms with Crippen molar-refractivity contribution in [3.05, 3.63) is 53.7 Å². The third-order valence-corrected chi connectivity index (χ3v) is 4.61. The molecule has 3 aromatic rings. The fraction of sp³-hybridized carbons (Fsp3) is 0.250. The number of benzene rings is 2. The Balaban J connectivity index is 1.83. The minimum absolute atomic E-state index is 0.264. The third-order valence-electron chi connectivity index (χ3n) is 4.61. The average molecular weight is 383 g/mol. The Bertz CT molecular complexity index is 1060. The van der Waals surface area contributed by atoms with Crippen molar-refractivity contribution in [3.8, 4) is 11.5 Å². The van der Waals surface area contributed by atoms with Gasteiger partial charge in [-0.05, 0) is 29.8 Å². The number of nitrogens with zero attached hydrogens (tertiary/aromatic N) is 2. The van der Waals surface area contributed by atoms with Crippen LogP contribution in [0.1, 0.15) is 17.2 Å². The van der Waals surface area contributed by atoms with E-state index in [-0.39, 0.29) is 5.91 Å². The predicted octanol–water partition coefficient (Wildman–Crippen LogP) is 2.89. The topological polar surface area (TPSA) is 82.6 Å². The van der Waals surface area contributed by atoms with Crippen molar-refractivity contribution in [3.63, 3.8) is 0 Å². The molecule has 4 rings (SSSR count). The lowest BCUT2D eigenvalue weighted by molar-refractivity contribution is -0.116. The summed E-state index contributed by atoms with van der Waals surface area (Å²) in [7, 11) is 3.12. The van der Waals surface area contributed by atoms with Crippen LogP contribution in [0.15, 0.2) is 36.7 Å². The zero-order valence-electron chi connectivity index (χ0n) is 15.4. The number of amides is 1. The Morgan fingerprint density at radius 2 is 1.96 bits per heavy atom. The van der Waals surface area contributed by atoms with Crippen LogP contribution in [-0.2, 0) is 9.53 Å². The second-order valence-corrected chi connectivity index (χ2v) is 6.27. The zero-order valence-corrected chi connectivity index (χ0v) is 15.4. The van der Waals surface area contributed by atoms with Gasteiger partial charge in [0.05, 0.1) is 24.9 Å². The van der Waals surface area contributed by atoms with Gasteiger partial charge in [-0.15, -0.1) is 0 Å². The van der Waals surface area contributed by atoms with Gasteiger partial charge >= 0.3 is 0 Å². The first-order valence-electron chi connectivity index (χ1n) is 8.67. The van der Waals surface area contributed by atoms with Gasteiger partial charge in [-0.1, -0.05) is 0 Å². The molecule has 2 heterocycles. The van der Waals surface area contributed by atoms with Gasteiger partial charge in [-0.2, -0.15) is 0 Å². The fourth-order valence-electron chi connectivity index (χ4n) is 3.33. The van der Waals surface area contributed by atoms with Crippen LogP contribution in [0, 0.1) is 5.82 Å². The summed E-state index contributed by atoms with van der Waals surface area (Å²) in [5.41, 5.74) is 2.20. The first kappa shape index (κ1) is 18.1. The van der Waals surface area contributed by atoms with Gasteiger partial charge < -0.3 is 19.5 Å². The Hall–Kier alpha value is -3.26. The number of anilines is 1. The van der Waals surface area contributed by atoms with Crippen molar-refractivity contribution < 1.29 is 23.4 Å². The number of hydrogen-bond acceptors (Lipinski definition) is 6. The maximum Gasteiger partial charge on any atom is 0.238 e. The molecular weight excluding hydrogens is 365 g/mol. The molecule has 1 aliphatic heterocycles. The number of aromatic nitrogens is 2. The molecular formula is C20H18FN3O4. The Morgan fingerprint density at radius 3 is 2.75 bits per heavy atom. The normalized spacial score (nSPS) is 15.4. The molecule has 0 aliphatic carbocycles. The molecule has 0 saturated heterocycles. The minimum Gasteiger partial charge on any atom is -0.493 e. The molecule has 1 N–H and O–H groups in total. The average Bonchev–Trinajstić information content (AvgIpc) is 3.02. The maximum atomic E-state index is 13.8. The van der Waals surface area contributed by atoms with E-state index in [1.165, 1.54) is 25.6 Å². The first-order valence-corrected chi connectivity index (χ1v) is 8.67. The van der Waals surface area contributed by atoms with Gasteiger partial charge in [-0.3, -0.25) is 4.79 Å². The molecule has 1 aliphatic rings. The molecule has 2 aromatic carbocycles. The van der Waals surface area contributed by atoms with Crippen LogP contribution in [0.3, 0.4) is 0 Å². The predicted molar refractivity (Wildman–Crippen MR) is 100 cm³/mol. The number of fused-ring (bicyclic) bond motifs is 2. The summed E-state index contributed by atoms with van der Waals surface area (Å²) in [6.07, 6.45) is 1.38. The highest BCUT2D eigenvalue weighted by atomic mass is 19.1. The van der Waals surface area contributed by atoms with Crippen LogP contribution in [0.5, 0.6) is 11.5 Å². The molecule has 0 fully saturated rings. The van der Waals surface area contributed by atoms with Crippen molar-refractivity contribution in [2.45, 2.75) is 5.92 Å². The summed E-state index contributed by atoms with van der Waals surface area (Å²) in [5, 5.41) is 3.41. The summed E-state index contributed by atoms with van der Waals surface area (Å²) < 4.78 is 29.9. The summed E-state index contributed by atoms with van der Waals surface area (Å²) in [5.74, 6) is -0.414. The lowest BCUT2D eigenvalue weighted by Crippen LogP contribution is -2.15. The van der Waals surface area contributed by atoms with Crippen LogP contribution < -0.4 is 14.8 Å². The molecule has 144 valence electrons. The molecule has 1 atom stereocenters. The smallest absolute Gasteiger partial charge is 0.238 e. The first-order chi connectivity index (χ1) is 13.6. The third kappa shape index (κ3) is 3.11. The van der Waals surface area contributed by atoms with Crippen molar-refractivity contribution in [1.82, 2.24) is 9.97 Å². The molecule has 7 nitrogen and oxygen atoms in total. The molecule has 1 amide bonds. The van der Waals surface area contributed by atoms with E-state index in [4.69, 9.17) is 14.2 Å². The molecule has 0 bridgehead atoms. The Kier molecular flexibility index (Phi) is 4.79. The van der Waals surface area contributed by atoms with E-state index >= 15 is 0 Å².